The Morgan fingerprint density at radius 2 is 1.91 bits per heavy atom. The van der Waals surface area contributed by atoms with Crippen LogP contribution in [0.15, 0.2) is 30.3 Å². The smallest absolute Gasteiger partial charge is 0.305 e. The third-order valence-electron chi connectivity index (χ3n) is 3.92. The fourth-order valence-electron chi connectivity index (χ4n) is 2.73. The van der Waals surface area contributed by atoms with Gasteiger partial charge in [0, 0.05) is 13.0 Å². The SMILES string of the molecule is O=C(O)C[C@@H](NC(=O)CN1CCCCCC1=O)c1ccccc1. The second-order valence-corrected chi connectivity index (χ2v) is 5.75. The lowest BCUT2D eigenvalue weighted by Gasteiger charge is -2.22. The fraction of sp³-hybridized carbons (Fsp3) is 0.471. The van der Waals surface area contributed by atoms with E-state index in [1.165, 1.54) is 0 Å². The zero-order valence-corrected chi connectivity index (χ0v) is 13.0. The largest absolute Gasteiger partial charge is 0.481 e. The molecule has 2 N–H and O–H groups in total. The van der Waals surface area contributed by atoms with E-state index in [2.05, 4.69) is 5.32 Å². The van der Waals surface area contributed by atoms with Crippen LogP contribution in [0.4, 0.5) is 0 Å². The van der Waals surface area contributed by atoms with Gasteiger partial charge in [-0.3, -0.25) is 14.4 Å². The molecule has 2 amide bonds. The van der Waals surface area contributed by atoms with Gasteiger partial charge in [0.25, 0.3) is 0 Å². The van der Waals surface area contributed by atoms with Crippen LogP contribution < -0.4 is 5.32 Å². The van der Waals surface area contributed by atoms with Crippen LogP contribution in [0.1, 0.15) is 43.7 Å². The molecule has 6 heteroatoms. The summed E-state index contributed by atoms with van der Waals surface area (Å²) in [7, 11) is 0. The highest BCUT2D eigenvalue weighted by molar-refractivity contribution is 5.85. The first kappa shape index (κ1) is 17.0. The van der Waals surface area contributed by atoms with E-state index in [0.29, 0.717) is 13.0 Å². The Labute approximate surface area is 135 Å². The summed E-state index contributed by atoms with van der Waals surface area (Å²) in [5.74, 6) is -1.31. The molecule has 1 aliphatic heterocycles. The van der Waals surface area contributed by atoms with Gasteiger partial charge in [-0.1, -0.05) is 36.8 Å². The van der Waals surface area contributed by atoms with Crippen molar-refractivity contribution >= 4 is 17.8 Å². The van der Waals surface area contributed by atoms with Crippen molar-refractivity contribution in [2.24, 2.45) is 0 Å². The highest BCUT2D eigenvalue weighted by atomic mass is 16.4. The van der Waals surface area contributed by atoms with Crippen LogP contribution in [0.2, 0.25) is 0 Å². The Bertz CT molecular complexity index is 559. The van der Waals surface area contributed by atoms with Gasteiger partial charge in [-0.2, -0.15) is 0 Å². The monoisotopic (exact) mass is 318 g/mol. The zero-order valence-electron chi connectivity index (χ0n) is 13.0. The van der Waals surface area contributed by atoms with Gasteiger partial charge in [-0.05, 0) is 18.4 Å². The molecule has 0 spiro atoms. The van der Waals surface area contributed by atoms with Crippen molar-refractivity contribution in [1.29, 1.82) is 0 Å². The molecule has 1 atom stereocenters. The molecule has 1 fully saturated rings. The maximum absolute atomic E-state index is 12.2. The minimum absolute atomic E-state index is 0.00727. The van der Waals surface area contributed by atoms with Crippen LogP contribution in [0.5, 0.6) is 0 Å². The Balaban J connectivity index is 1.99. The summed E-state index contributed by atoms with van der Waals surface area (Å²) in [6.45, 7) is 0.572. The van der Waals surface area contributed by atoms with E-state index in [4.69, 9.17) is 5.11 Å². The predicted octanol–water partition coefficient (Wildman–Crippen LogP) is 1.72. The first-order valence-electron chi connectivity index (χ1n) is 7.90. The number of benzene rings is 1. The topological polar surface area (TPSA) is 86.7 Å². The van der Waals surface area contributed by atoms with Crippen LogP contribution in [-0.4, -0.2) is 40.9 Å². The number of carboxylic acids is 1. The standard InChI is InChI=1S/C17H22N2O4/c20-15(12-19-10-6-2-5-9-16(19)21)18-14(11-17(22)23)13-7-3-1-4-8-13/h1,3-4,7-8,14H,2,5-6,9-12H2,(H,18,20)(H,22,23)/t14-/m1/s1. The van der Waals surface area contributed by atoms with E-state index in [-0.39, 0.29) is 24.8 Å². The second kappa shape index (κ2) is 8.31. The summed E-state index contributed by atoms with van der Waals surface area (Å²) in [6, 6.07) is 8.40. The van der Waals surface area contributed by atoms with Crippen molar-refractivity contribution in [3.05, 3.63) is 35.9 Å². The molecule has 1 heterocycles. The molecule has 0 aliphatic carbocycles. The molecule has 1 aromatic rings. The molecule has 1 aromatic carbocycles. The van der Waals surface area contributed by atoms with Crippen LogP contribution in [-0.2, 0) is 14.4 Å². The van der Waals surface area contributed by atoms with E-state index in [1.807, 2.05) is 6.07 Å². The van der Waals surface area contributed by atoms with Crippen molar-refractivity contribution in [1.82, 2.24) is 10.2 Å². The molecule has 23 heavy (non-hydrogen) atoms. The number of likely N-dealkylation sites (tertiary alicyclic amines) is 1. The lowest BCUT2D eigenvalue weighted by Crippen LogP contribution is -2.42. The predicted molar refractivity (Wildman–Crippen MR) is 84.6 cm³/mol. The van der Waals surface area contributed by atoms with Crippen molar-refractivity contribution in [2.75, 3.05) is 13.1 Å². The number of carbonyl (C=O) groups excluding carboxylic acids is 2. The molecular weight excluding hydrogens is 296 g/mol. The van der Waals surface area contributed by atoms with Crippen molar-refractivity contribution in [3.8, 4) is 0 Å². The molecule has 0 saturated carbocycles. The Morgan fingerprint density at radius 1 is 1.17 bits per heavy atom. The molecular formula is C17H22N2O4. The van der Waals surface area contributed by atoms with Crippen molar-refractivity contribution in [3.63, 3.8) is 0 Å². The van der Waals surface area contributed by atoms with Crippen LogP contribution >= 0.6 is 0 Å². The number of hydrogen-bond acceptors (Lipinski definition) is 3. The molecule has 1 saturated heterocycles. The summed E-state index contributed by atoms with van der Waals surface area (Å²) in [5.41, 5.74) is 0.741. The van der Waals surface area contributed by atoms with Gasteiger partial charge in [0.2, 0.25) is 11.8 Å². The Morgan fingerprint density at radius 3 is 2.61 bits per heavy atom. The summed E-state index contributed by atoms with van der Waals surface area (Å²) < 4.78 is 0. The second-order valence-electron chi connectivity index (χ2n) is 5.75. The first-order chi connectivity index (χ1) is 11.1. The van der Waals surface area contributed by atoms with Crippen LogP contribution in [0.3, 0.4) is 0 Å². The summed E-state index contributed by atoms with van der Waals surface area (Å²) in [4.78, 5) is 36.8. The lowest BCUT2D eigenvalue weighted by atomic mass is 10.0. The highest BCUT2D eigenvalue weighted by Gasteiger charge is 2.22. The minimum Gasteiger partial charge on any atom is -0.481 e. The summed E-state index contributed by atoms with van der Waals surface area (Å²) in [5, 5.41) is 11.8. The Hall–Kier alpha value is -2.37. The number of nitrogens with one attached hydrogen (secondary N) is 1. The lowest BCUT2D eigenvalue weighted by molar-refractivity contribution is -0.139. The molecule has 0 bridgehead atoms. The molecule has 6 nitrogen and oxygen atoms in total. The first-order valence-corrected chi connectivity index (χ1v) is 7.90. The zero-order chi connectivity index (χ0) is 16.7. The van der Waals surface area contributed by atoms with E-state index >= 15 is 0 Å². The molecule has 0 aromatic heterocycles. The van der Waals surface area contributed by atoms with E-state index in [1.54, 1.807) is 29.2 Å². The average molecular weight is 318 g/mol. The third-order valence-corrected chi connectivity index (χ3v) is 3.92. The maximum atomic E-state index is 12.2. The Kier molecular flexibility index (Phi) is 6.14. The molecule has 2 rings (SSSR count). The van der Waals surface area contributed by atoms with Gasteiger partial charge < -0.3 is 15.3 Å². The molecule has 0 radical (unpaired) electrons. The minimum atomic E-state index is -0.981. The summed E-state index contributed by atoms with van der Waals surface area (Å²) in [6.07, 6.45) is 3.04. The maximum Gasteiger partial charge on any atom is 0.305 e. The van der Waals surface area contributed by atoms with Crippen molar-refractivity contribution < 1.29 is 19.5 Å². The van der Waals surface area contributed by atoms with Gasteiger partial charge in [0.05, 0.1) is 19.0 Å². The highest BCUT2D eigenvalue weighted by Crippen LogP contribution is 2.17. The fourth-order valence-corrected chi connectivity index (χ4v) is 2.73. The van der Waals surface area contributed by atoms with Gasteiger partial charge in [0.1, 0.15) is 0 Å². The van der Waals surface area contributed by atoms with E-state index in [0.717, 1.165) is 24.8 Å². The van der Waals surface area contributed by atoms with Crippen molar-refractivity contribution in [2.45, 2.75) is 38.1 Å². The van der Waals surface area contributed by atoms with E-state index < -0.39 is 12.0 Å². The van der Waals surface area contributed by atoms with Gasteiger partial charge in [-0.15, -0.1) is 0 Å². The average Bonchev–Trinajstić information content (AvgIpc) is 2.72. The van der Waals surface area contributed by atoms with Gasteiger partial charge >= 0.3 is 5.97 Å². The molecule has 0 unspecified atom stereocenters. The quantitative estimate of drug-likeness (QED) is 0.836. The van der Waals surface area contributed by atoms with Crippen LogP contribution in [0.25, 0.3) is 0 Å². The number of amides is 2. The normalized spacial score (nSPS) is 16.5. The summed E-state index contributed by atoms with van der Waals surface area (Å²) >= 11 is 0. The number of nitrogens with zero attached hydrogens (tertiary/aromatic N) is 1. The van der Waals surface area contributed by atoms with Gasteiger partial charge in [-0.25, -0.2) is 0 Å². The number of carboxylic acid groups (broad SMARTS) is 1. The van der Waals surface area contributed by atoms with E-state index in [9.17, 15) is 14.4 Å². The number of rotatable bonds is 6. The number of aliphatic carboxylic acids is 1. The number of hydrogen-bond donors (Lipinski definition) is 2. The van der Waals surface area contributed by atoms with Gasteiger partial charge in [0.15, 0.2) is 0 Å². The molecule has 124 valence electrons. The third kappa shape index (κ3) is 5.39. The number of carbonyl (C=O) groups is 3. The molecule has 1 aliphatic rings. The van der Waals surface area contributed by atoms with Crippen LogP contribution in [0, 0.1) is 0 Å².